The molecule has 1 heterocycles. The highest BCUT2D eigenvalue weighted by molar-refractivity contribution is 14.1. The maximum absolute atomic E-state index is 5.04. The molecule has 0 amide bonds. The molecular formula is C29H20IN. The largest absolute Gasteiger partial charge is 0.248 e. The van der Waals surface area contributed by atoms with Gasteiger partial charge in [-0.15, -0.1) is 0 Å². The molecule has 0 aliphatic heterocycles. The van der Waals surface area contributed by atoms with E-state index in [1.54, 1.807) is 0 Å². The Morgan fingerprint density at radius 3 is 1.48 bits per heavy atom. The average molecular weight is 509 g/mol. The van der Waals surface area contributed by atoms with Gasteiger partial charge in [-0.1, -0.05) is 97.1 Å². The third-order valence-corrected chi connectivity index (χ3v) is 6.01. The molecule has 0 unspecified atom stereocenters. The average Bonchev–Trinajstić information content (AvgIpc) is 2.85. The molecule has 0 saturated heterocycles. The third kappa shape index (κ3) is 4.44. The van der Waals surface area contributed by atoms with E-state index in [1.807, 2.05) is 12.1 Å². The van der Waals surface area contributed by atoms with Crippen LogP contribution in [0.15, 0.2) is 121 Å². The van der Waals surface area contributed by atoms with E-state index in [0.29, 0.717) is 0 Å². The maximum atomic E-state index is 5.04. The lowest BCUT2D eigenvalue weighted by Crippen LogP contribution is -1.91. The number of aromatic nitrogens is 1. The van der Waals surface area contributed by atoms with Crippen LogP contribution in [0.5, 0.6) is 0 Å². The molecule has 0 aliphatic rings. The van der Waals surface area contributed by atoms with Crippen molar-refractivity contribution in [2.45, 2.75) is 0 Å². The van der Waals surface area contributed by atoms with Gasteiger partial charge in [-0.2, -0.15) is 0 Å². The van der Waals surface area contributed by atoms with E-state index in [-0.39, 0.29) is 0 Å². The number of nitrogens with zero attached hydrogens (tertiary/aromatic N) is 1. The van der Waals surface area contributed by atoms with E-state index in [0.717, 1.165) is 22.5 Å². The van der Waals surface area contributed by atoms with Gasteiger partial charge in [-0.3, -0.25) is 0 Å². The molecule has 148 valence electrons. The number of rotatable bonds is 4. The fourth-order valence-corrected chi connectivity index (χ4v) is 4.28. The Kier molecular flexibility index (Phi) is 5.63. The molecule has 0 fully saturated rings. The summed E-state index contributed by atoms with van der Waals surface area (Å²) >= 11 is 2.35. The van der Waals surface area contributed by atoms with Crippen LogP contribution < -0.4 is 0 Å². The Balaban J connectivity index is 1.61. The van der Waals surface area contributed by atoms with Gasteiger partial charge in [0.05, 0.1) is 11.4 Å². The summed E-state index contributed by atoms with van der Waals surface area (Å²) in [6.07, 6.45) is 0. The predicted molar refractivity (Wildman–Crippen MR) is 139 cm³/mol. The minimum absolute atomic E-state index is 0.981. The van der Waals surface area contributed by atoms with Gasteiger partial charge in [0.25, 0.3) is 0 Å². The molecule has 0 saturated carbocycles. The molecule has 0 bridgehead atoms. The van der Waals surface area contributed by atoms with E-state index in [1.165, 1.54) is 25.8 Å². The molecule has 0 aliphatic carbocycles. The second-order valence-corrected chi connectivity index (χ2v) is 8.69. The second-order valence-electron chi connectivity index (χ2n) is 7.45. The maximum Gasteiger partial charge on any atom is 0.0716 e. The predicted octanol–water partition coefficient (Wildman–Crippen LogP) is 8.35. The van der Waals surface area contributed by atoms with Gasteiger partial charge in [-0.25, -0.2) is 4.98 Å². The van der Waals surface area contributed by atoms with Gasteiger partial charge >= 0.3 is 0 Å². The Morgan fingerprint density at radius 1 is 0.387 bits per heavy atom. The van der Waals surface area contributed by atoms with Crippen molar-refractivity contribution in [1.29, 1.82) is 0 Å². The van der Waals surface area contributed by atoms with Crippen LogP contribution in [0.1, 0.15) is 0 Å². The lowest BCUT2D eigenvalue weighted by molar-refractivity contribution is 1.32. The third-order valence-electron chi connectivity index (χ3n) is 5.34. The van der Waals surface area contributed by atoms with E-state index in [4.69, 9.17) is 4.98 Å². The minimum Gasteiger partial charge on any atom is -0.248 e. The van der Waals surface area contributed by atoms with Gasteiger partial charge in [0.15, 0.2) is 0 Å². The standard InChI is InChI=1S/C29H20IN/c30-27-13-7-12-25(18-27)29-20-26(22-10-5-2-6-11-22)19-28(31-29)24-16-14-23(15-17-24)21-8-3-1-4-9-21/h1-20H. The van der Waals surface area contributed by atoms with Crippen LogP contribution in [0.3, 0.4) is 0 Å². The van der Waals surface area contributed by atoms with E-state index in [2.05, 4.69) is 132 Å². The Labute approximate surface area is 196 Å². The number of benzene rings is 4. The summed E-state index contributed by atoms with van der Waals surface area (Å²) in [7, 11) is 0. The van der Waals surface area contributed by atoms with Gasteiger partial charge < -0.3 is 0 Å². The van der Waals surface area contributed by atoms with Crippen LogP contribution >= 0.6 is 22.6 Å². The lowest BCUT2D eigenvalue weighted by atomic mass is 9.98. The molecule has 31 heavy (non-hydrogen) atoms. The van der Waals surface area contributed by atoms with Gasteiger partial charge in [-0.05, 0) is 69.1 Å². The van der Waals surface area contributed by atoms with Crippen molar-refractivity contribution in [1.82, 2.24) is 4.98 Å². The van der Waals surface area contributed by atoms with Gasteiger partial charge in [0.2, 0.25) is 0 Å². The van der Waals surface area contributed by atoms with Crippen molar-refractivity contribution >= 4 is 22.6 Å². The summed E-state index contributed by atoms with van der Waals surface area (Å²) in [4.78, 5) is 5.04. The van der Waals surface area contributed by atoms with Crippen LogP contribution in [0.2, 0.25) is 0 Å². The summed E-state index contributed by atoms with van der Waals surface area (Å²) in [5.41, 5.74) is 9.01. The van der Waals surface area contributed by atoms with E-state index in [9.17, 15) is 0 Å². The first-order chi connectivity index (χ1) is 15.3. The first kappa shape index (κ1) is 19.7. The monoisotopic (exact) mass is 509 g/mol. The molecule has 2 heteroatoms. The van der Waals surface area contributed by atoms with Crippen molar-refractivity contribution in [3.8, 4) is 44.8 Å². The van der Waals surface area contributed by atoms with Crippen molar-refractivity contribution in [2.75, 3.05) is 0 Å². The van der Waals surface area contributed by atoms with E-state index < -0.39 is 0 Å². The van der Waals surface area contributed by atoms with Crippen molar-refractivity contribution in [2.24, 2.45) is 0 Å². The summed E-state index contributed by atoms with van der Waals surface area (Å²) in [5, 5.41) is 0. The summed E-state index contributed by atoms with van der Waals surface area (Å²) in [6.45, 7) is 0. The zero-order chi connectivity index (χ0) is 21.0. The number of hydrogen-bond acceptors (Lipinski definition) is 1. The molecular weight excluding hydrogens is 489 g/mol. The molecule has 0 radical (unpaired) electrons. The SMILES string of the molecule is Ic1cccc(-c2cc(-c3ccccc3)cc(-c3ccc(-c4ccccc4)cc3)n2)c1. The van der Waals surface area contributed by atoms with Crippen LogP contribution in [-0.2, 0) is 0 Å². The van der Waals surface area contributed by atoms with Gasteiger partial charge in [0.1, 0.15) is 0 Å². The fourth-order valence-electron chi connectivity index (χ4n) is 3.74. The zero-order valence-electron chi connectivity index (χ0n) is 16.9. The first-order valence-electron chi connectivity index (χ1n) is 10.3. The molecule has 1 nitrogen and oxygen atoms in total. The van der Waals surface area contributed by atoms with Crippen LogP contribution in [0.4, 0.5) is 0 Å². The number of hydrogen-bond donors (Lipinski definition) is 0. The number of pyridine rings is 1. The van der Waals surface area contributed by atoms with Crippen LogP contribution in [0.25, 0.3) is 44.8 Å². The molecule has 0 N–H and O–H groups in total. The molecule has 0 spiro atoms. The molecule has 0 atom stereocenters. The quantitative estimate of drug-likeness (QED) is 0.222. The van der Waals surface area contributed by atoms with Crippen molar-refractivity contribution < 1.29 is 0 Å². The normalized spacial score (nSPS) is 10.7. The molecule has 4 aromatic carbocycles. The minimum atomic E-state index is 0.981. The highest BCUT2D eigenvalue weighted by atomic mass is 127. The highest BCUT2D eigenvalue weighted by Gasteiger charge is 2.09. The van der Waals surface area contributed by atoms with Crippen molar-refractivity contribution in [3.63, 3.8) is 0 Å². The fraction of sp³-hybridized carbons (Fsp3) is 0. The Bertz CT molecular complexity index is 1310. The topological polar surface area (TPSA) is 12.9 Å². The molecule has 1 aromatic heterocycles. The second kappa shape index (κ2) is 8.86. The molecule has 5 rings (SSSR count). The van der Waals surface area contributed by atoms with Gasteiger partial charge in [0, 0.05) is 14.7 Å². The van der Waals surface area contributed by atoms with E-state index >= 15 is 0 Å². The van der Waals surface area contributed by atoms with Crippen LogP contribution in [-0.4, -0.2) is 4.98 Å². The Hall–Kier alpha value is -3.24. The summed E-state index contributed by atoms with van der Waals surface area (Å²) in [6, 6.07) is 42.5. The first-order valence-corrected chi connectivity index (χ1v) is 11.3. The molecule has 5 aromatic rings. The zero-order valence-corrected chi connectivity index (χ0v) is 19.0. The Morgan fingerprint density at radius 2 is 0.871 bits per heavy atom. The lowest BCUT2D eigenvalue weighted by Gasteiger charge is -2.11. The number of halogens is 1. The summed E-state index contributed by atoms with van der Waals surface area (Å²) in [5.74, 6) is 0. The van der Waals surface area contributed by atoms with Crippen molar-refractivity contribution in [3.05, 3.63) is 125 Å². The van der Waals surface area contributed by atoms with Crippen LogP contribution in [0, 0.1) is 3.57 Å². The smallest absolute Gasteiger partial charge is 0.0716 e. The summed E-state index contributed by atoms with van der Waals surface area (Å²) < 4.78 is 1.20. The highest BCUT2D eigenvalue weighted by Crippen LogP contribution is 2.31.